The van der Waals surface area contributed by atoms with Crippen molar-refractivity contribution in [2.24, 2.45) is 0 Å². The van der Waals surface area contributed by atoms with Gasteiger partial charge in [-0.2, -0.15) is 0 Å². The highest BCUT2D eigenvalue weighted by atomic mass is 28.3. The highest BCUT2D eigenvalue weighted by Gasteiger charge is 2.10. The lowest BCUT2D eigenvalue weighted by Crippen LogP contribution is -2.20. The van der Waals surface area contributed by atoms with Gasteiger partial charge in [0.05, 0.1) is 0 Å². The van der Waals surface area contributed by atoms with Gasteiger partial charge in [0.25, 0.3) is 0 Å². The number of hydrogen-bond donors (Lipinski definition) is 0. The molecule has 0 saturated carbocycles. The lowest BCUT2D eigenvalue weighted by atomic mass is 9.93. The van der Waals surface area contributed by atoms with Gasteiger partial charge < -0.3 is 4.43 Å². The highest BCUT2D eigenvalue weighted by molar-refractivity contribution is 6.57. The van der Waals surface area contributed by atoms with Gasteiger partial charge in [0.15, 0.2) is 0 Å². The first-order valence-electron chi connectivity index (χ1n) is 7.80. The first kappa shape index (κ1) is 14.3. The van der Waals surface area contributed by atoms with Crippen LogP contribution in [0.15, 0.2) is 54.8 Å². The molecule has 1 atom stereocenters. The van der Waals surface area contributed by atoms with Crippen LogP contribution < -0.4 is 0 Å². The van der Waals surface area contributed by atoms with Crippen molar-refractivity contribution in [3.63, 3.8) is 0 Å². The molecule has 0 spiro atoms. The van der Waals surface area contributed by atoms with Gasteiger partial charge in [-0.1, -0.05) is 60.7 Å². The van der Waals surface area contributed by atoms with E-state index in [1.807, 2.05) is 5.70 Å². The quantitative estimate of drug-likeness (QED) is 0.695. The standard InChI is InChI=1S/C13H10.C6H12OSi/c1-4-10-6-2-8-12-9-3-7-11(5-1)13(10)12;1-2-8-6-4-3-5-7-8/h1-8H,9H2;2,8H,1,3-6H2. The van der Waals surface area contributed by atoms with Gasteiger partial charge in [0.2, 0.25) is 9.04 Å². The Morgan fingerprint density at radius 2 is 1.95 bits per heavy atom. The van der Waals surface area contributed by atoms with Crippen molar-refractivity contribution in [2.75, 3.05) is 6.61 Å². The van der Waals surface area contributed by atoms with E-state index in [9.17, 15) is 0 Å². The average molecular weight is 294 g/mol. The maximum atomic E-state index is 5.45. The second kappa shape index (κ2) is 6.88. The lowest BCUT2D eigenvalue weighted by Gasteiger charge is -2.16. The van der Waals surface area contributed by atoms with Crippen LogP contribution in [0.25, 0.3) is 16.8 Å². The lowest BCUT2D eigenvalue weighted by molar-refractivity contribution is 0.294. The predicted molar refractivity (Wildman–Crippen MR) is 94.0 cm³/mol. The molecule has 0 N–H and O–H groups in total. The van der Waals surface area contributed by atoms with Crippen LogP contribution in [0.2, 0.25) is 6.04 Å². The zero-order valence-corrected chi connectivity index (χ0v) is 13.6. The summed E-state index contributed by atoms with van der Waals surface area (Å²) in [6, 6.07) is 14.3. The summed E-state index contributed by atoms with van der Waals surface area (Å²) in [5.41, 5.74) is 4.84. The van der Waals surface area contributed by atoms with Crippen molar-refractivity contribution in [2.45, 2.75) is 25.3 Å². The van der Waals surface area contributed by atoms with Crippen molar-refractivity contribution in [1.82, 2.24) is 0 Å². The van der Waals surface area contributed by atoms with Gasteiger partial charge in [-0.05, 0) is 40.8 Å². The van der Waals surface area contributed by atoms with E-state index in [1.54, 1.807) is 0 Å². The molecular formula is C19H22OSi. The minimum Gasteiger partial charge on any atom is -0.416 e. The van der Waals surface area contributed by atoms with Crippen LogP contribution in [-0.2, 0) is 10.8 Å². The summed E-state index contributed by atoms with van der Waals surface area (Å²) >= 11 is 0. The summed E-state index contributed by atoms with van der Waals surface area (Å²) < 4.78 is 5.45. The molecule has 1 aliphatic carbocycles. The van der Waals surface area contributed by atoms with E-state index in [1.165, 1.54) is 40.8 Å². The molecule has 2 aromatic carbocycles. The number of hydrogen-bond acceptors (Lipinski definition) is 1. The monoisotopic (exact) mass is 294 g/mol. The molecule has 4 rings (SSSR count). The predicted octanol–water partition coefficient (Wildman–Crippen LogP) is 4.65. The van der Waals surface area contributed by atoms with E-state index in [0.29, 0.717) is 0 Å². The Labute approximate surface area is 128 Å². The van der Waals surface area contributed by atoms with E-state index in [-0.39, 0.29) is 0 Å². The Kier molecular flexibility index (Phi) is 4.68. The van der Waals surface area contributed by atoms with Crippen LogP contribution in [0.3, 0.4) is 0 Å². The third-order valence-electron chi connectivity index (χ3n) is 4.14. The maximum Gasteiger partial charge on any atom is 0.200 e. The summed E-state index contributed by atoms with van der Waals surface area (Å²) in [5, 5.41) is 2.80. The van der Waals surface area contributed by atoms with E-state index in [0.717, 1.165) is 13.0 Å². The van der Waals surface area contributed by atoms with Crippen molar-refractivity contribution in [3.8, 4) is 0 Å². The molecule has 1 fully saturated rings. The molecule has 1 unspecified atom stereocenters. The van der Waals surface area contributed by atoms with Crippen LogP contribution in [0.4, 0.5) is 0 Å². The smallest absolute Gasteiger partial charge is 0.200 e. The summed E-state index contributed by atoms with van der Waals surface area (Å²) in [6.07, 6.45) is 8.15. The SMILES string of the molecule is C1=Cc2cccc3cccc(c23)C1.C=C[SiH]1CCCCO1. The summed E-state index contributed by atoms with van der Waals surface area (Å²) in [4.78, 5) is 0. The van der Waals surface area contributed by atoms with Gasteiger partial charge in [-0.3, -0.25) is 0 Å². The van der Waals surface area contributed by atoms with Crippen molar-refractivity contribution < 1.29 is 4.43 Å². The highest BCUT2D eigenvalue weighted by Crippen LogP contribution is 2.27. The molecule has 0 aromatic heterocycles. The van der Waals surface area contributed by atoms with Crippen molar-refractivity contribution >= 4 is 25.9 Å². The minimum atomic E-state index is -0.841. The first-order chi connectivity index (χ1) is 10.4. The Hall–Kier alpha value is -1.64. The molecule has 1 nitrogen and oxygen atoms in total. The molecule has 0 radical (unpaired) electrons. The van der Waals surface area contributed by atoms with Crippen molar-refractivity contribution in [1.29, 1.82) is 0 Å². The molecule has 1 heterocycles. The van der Waals surface area contributed by atoms with Crippen molar-refractivity contribution in [3.05, 3.63) is 65.9 Å². The molecule has 0 amide bonds. The van der Waals surface area contributed by atoms with Gasteiger partial charge in [-0.25, -0.2) is 0 Å². The molecule has 2 aromatic rings. The Morgan fingerprint density at radius 1 is 1.10 bits per heavy atom. The zero-order chi connectivity index (χ0) is 14.5. The number of rotatable bonds is 1. The molecule has 0 bridgehead atoms. The summed E-state index contributed by atoms with van der Waals surface area (Å²) in [5.74, 6) is 0. The molecule has 1 aliphatic heterocycles. The van der Waals surface area contributed by atoms with Crippen LogP contribution in [0.5, 0.6) is 0 Å². The fourth-order valence-electron chi connectivity index (χ4n) is 3.02. The Morgan fingerprint density at radius 3 is 2.67 bits per heavy atom. The largest absolute Gasteiger partial charge is 0.416 e. The fourth-order valence-corrected chi connectivity index (χ4v) is 4.72. The average Bonchev–Trinajstić information content (AvgIpc) is 2.57. The van der Waals surface area contributed by atoms with Gasteiger partial charge in [0.1, 0.15) is 0 Å². The molecule has 2 aliphatic rings. The van der Waals surface area contributed by atoms with E-state index in [2.05, 4.69) is 55.1 Å². The van der Waals surface area contributed by atoms with Gasteiger partial charge in [0, 0.05) is 6.61 Å². The number of benzene rings is 2. The van der Waals surface area contributed by atoms with E-state index < -0.39 is 9.04 Å². The second-order valence-corrected chi connectivity index (χ2v) is 8.07. The van der Waals surface area contributed by atoms with Gasteiger partial charge >= 0.3 is 0 Å². The topological polar surface area (TPSA) is 9.23 Å². The first-order valence-corrected chi connectivity index (χ1v) is 9.75. The molecule has 1 saturated heterocycles. The maximum absolute atomic E-state index is 5.45. The third-order valence-corrected chi connectivity index (χ3v) is 6.30. The summed E-state index contributed by atoms with van der Waals surface area (Å²) in [7, 11) is -0.841. The minimum absolute atomic E-state index is 0.841. The summed E-state index contributed by atoms with van der Waals surface area (Å²) in [6.45, 7) is 4.71. The molecule has 108 valence electrons. The van der Waals surface area contributed by atoms with Gasteiger partial charge in [-0.15, -0.1) is 6.58 Å². The van der Waals surface area contributed by atoms with Crippen LogP contribution >= 0.6 is 0 Å². The molecule has 2 heteroatoms. The molecule has 21 heavy (non-hydrogen) atoms. The van der Waals surface area contributed by atoms with E-state index >= 15 is 0 Å². The normalized spacial score (nSPS) is 19.7. The fraction of sp³-hybridized carbons (Fsp3) is 0.263. The van der Waals surface area contributed by atoms with Crippen LogP contribution in [0.1, 0.15) is 24.0 Å². The zero-order valence-electron chi connectivity index (χ0n) is 12.4. The third kappa shape index (κ3) is 3.34. The van der Waals surface area contributed by atoms with Crippen LogP contribution in [-0.4, -0.2) is 15.6 Å². The Balaban J connectivity index is 0.000000143. The second-order valence-electron chi connectivity index (χ2n) is 5.61. The number of allylic oxidation sites excluding steroid dienone is 1. The van der Waals surface area contributed by atoms with Crippen LogP contribution in [0, 0.1) is 0 Å². The van der Waals surface area contributed by atoms with E-state index in [4.69, 9.17) is 4.43 Å². The molecular weight excluding hydrogens is 272 g/mol. The Bertz CT molecular complexity index is 648.